The first-order valence-corrected chi connectivity index (χ1v) is 12.6. The Kier molecular flexibility index (Phi) is 6.84. The maximum atomic E-state index is 13.3. The van der Waals surface area contributed by atoms with Gasteiger partial charge in [-0.25, -0.2) is 0 Å². The number of benzene rings is 1. The first-order valence-electron chi connectivity index (χ1n) is 12.6. The van der Waals surface area contributed by atoms with Crippen molar-refractivity contribution in [2.24, 2.45) is 0 Å². The molecule has 0 amide bonds. The van der Waals surface area contributed by atoms with E-state index < -0.39 is 5.43 Å². The summed E-state index contributed by atoms with van der Waals surface area (Å²) >= 11 is 0. The third-order valence-electron chi connectivity index (χ3n) is 6.83. The second-order valence-electron chi connectivity index (χ2n) is 9.14. The molecule has 36 heavy (non-hydrogen) atoms. The average molecular weight is 487 g/mol. The van der Waals surface area contributed by atoms with Gasteiger partial charge in [0.05, 0.1) is 13.2 Å². The molecule has 0 radical (unpaired) electrons. The van der Waals surface area contributed by atoms with Gasteiger partial charge in [-0.05, 0) is 50.7 Å². The Labute approximate surface area is 208 Å². The molecule has 5 rings (SSSR count). The van der Waals surface area contributed by atoms with Crippen LogP contribution in [0.3, 0.4) is 0 Å². The average Bonchev–Trinajstić information content (AvgIpc) is 3.20. The van der Waals surface area contributed by atoms with Gasteiger partial charge < -0.3 is 14.8 Å². The highest BCUT2D eigenvalue weighted by atomic mass is 16.5. The van der Waals surface area contributed by atoms with E-state index in [1.807, 2.05) is 6.92 Å². The zero-order valence-corrected chi connectivity index (χ0v) is 20.5. The normalized spacial score (nSPS) is 13.9. The van der Waals surface area contributed by atoms with Crippen LogP contribution in [0.15, 0.2) is 64.2 Å². The maximum Gasteiger partial charge on any atom is 0.220 e. The van der Waals surface area contributed by atoms with Crippen LogP contribution in [-0.2, 0) is 13.0 Å². The number of ether oxygens (including phenoxy) is 1. The van der Waals surface area contributed by atoms with E-state index in [2.05, 4.69) is 28.2 Å². The van der Waals surface area contributed by atoms with E-state index in [0.717, 1.165) is 24.4 Å². The molecule has 0 atom stereocenters. The van der Waals surface area contributed by atoms with Crippen molar-refractivity contribution in [2.45, 2.75) is 45.6 Å². The zero-order chi connectivity index (χ0) is 25.1. The largest absolute Gasteiger partial charge is 0.571 e. The van der Waals surface area contributed by atoms with E-state index in [9.17, 15) is 14.8 Å². The Balaban J connectivity index is 1.44. The molecule has 2 aliphatic carbocycles. The molecule has 2 heterocycles. The molecule has 1 aromatic carbocycles. The summed E-state index contributed by atoms with van der Waals surface area (Å²) in [5.74, 6) is 0.851. The number of aryl methyl sites for hydroxylation is 2. The standard InChI is InChI=1S/C28H30N4O4/c1-2-36-24-19-21(30-16-8-5-9-17-30)15-14-20(24)11-10-18-31-26-25(29-32(31)35)27(33)22-12-6-3-4-7-13-23(22)28(26)34/h3-4,6-7,12-15,19H,2,5,8-11,16-18H2,1H3. The fourth-order valence-corrected chi connectivity index (χ4v) is 5.04. The Morgan fingerprint density at radius 2 is 1.69 bits per heavy atom. The molecule has 1 aromatic heterocycles. The number of fused-ring (bicyclic) bond motifs is 1. The van der Waals surface area contributed by atoms with E-state index in [1.54, 1.807) is 36.4 Å². The second kappa shape index (κ2) is 10.4. The summed E-state index contributed by atoms with van der Waals surface area (Å²) in [5.41, 5.74) is 1.42. The van der Waals surface area contributed by atoms with Gasteiger partial charge in [0.2, 0.25) is 16.4 Å². The lowest BCUT2D eigenvalue weighted by atomic mass is 10.1. The third kappa shape index (κ3) is 4.51. The lowest BCUT2D eigenvalue weighted by Crippen LogP contribution is -2.40. The maximum absolute atomic E-state index is 13.3. The molecule has 0 spiro atoms. The van der Waals surface area contributed by atoms with Gasteiger partial charge in [0.1, 0.15) is 5.75 Å². The van der Waals surface area contributed by atoms with Crippen molar-refractivity contribution < 1.29 is 9.70 Å². The van der Waals surface area contributed by atoms with Gasteiger partial charge in [-0.2, -0.15) is 0 Å². The zero-order valence-electron chi connectivity index (χ0n) is 20.5. The van der Waals surface area contributed by atoms with Crippen LogP contribution in [0.5, 0.6) is 5.75 Å². The van der Waals surface area contributed by atoms with Crippen molar-refractivity contribution >= 4 is 16.7 Å². The summed E-state index contributed by atoms with van der Waals surface area (Å²) in [7, 11) is 0. The summed E-state index contributed by atoms with van der Waals surface area (Å²) in [6.45, 7) is 4.91. The van der Waals surface area contributed by atoms with Crippen LogP contribution in [0.2, 0.25) is 0 Å². The fourth-order valence-electron chi connectivity index (χ4n) is 5.04. The molecule has 8 heteroatoms. The van der Waals surface area contributed by atoms with E-state index in [1.165, 1.54) is 29.6 Å². The van der Waals surface area contributed by atoms with Crippen LogP contribution in [-0.4, -0.2) is 29.5 Å². The van der Waals surface area contributed by atoms with Gasteiger partial charge in [-0.1, -0.05) is 42.5 Å². The van der Waals surface area contributed by atoms with E-state index >= 15 is 0 Å². The van der Waals surface area contributed by atoms with Crippen molar-refractivity contribution in [3.8, 4) is 5.75 Å². The Bertz CT molecular complexity index is 1580. The topological polar surface area (TPSA) is 91.4 Å². The van der Waals surface area contributed by atoms with Gasteiger partial charge in [-0.3, -0.25) is 9.59 Å². The summed E-state index contributed by atoms with van der Waals surface area (Å²) in [6.07, 6.45) is 4.94. The molecule has 186 valence electrons. The minimum atomic E-state index is -0.411. The fraction of sp³-hybridized carbons (Fsp3) is 0.357. The van der Waals surface area contributed by atoms with Gasteiger partial charge >= 0.3 is 0 Å². The number of anilines is 1. The summed E-state index contributed by atoms with van der Waals surface area (Å²) in [5, 5.41) is 17.1. The van der Waals surface area contributed by atoms with Crippen LogP contribution in [0.4, 0.5) is 5.69 Å². The first-order chi connectivity index (χ1) is 17.6. The van der Waals surface area contributed by atoms with Crippen LogP contribution in [0, 0.1) is 15.6 Å². The summed E-state index contributed by atoms with van der Waals surface area (Å²) in [6, 6.07) is 16.5. The molecule has 0 N–H and O–H groups in total. The number of aromatic nitrogens is 3. The van der Waals surface area contributed by atoms with Crippen LogP contribution < -0.4 is 25.5 Å². The number of hydrogen-bond donors (Lipinski definition) is 0. The van der Waals surface area contributed by atoms with Crippen LogP contribution in [0.1, 0.15) is 38.2 Å². The highest BCUT2D eigenvalue weighted by Crippen LogP contribution is 2.29. The van der Waals surface area contributed by atoms with Crippen molar-refractivity contribution in [3.05, 3.63) is 96.3 Å². The van der Waals surface area contributed by atoms with Gasteiger partial charge in [0.15, 0.2) is 5.52 Å². The number of hydrogen-bond acceptors (Lipinski definition) is 6. The molecule has 3 aliphatic rings. The predicted molar refractivity (Wildman–Crippen MR) is 139 cm³/mol. The van der Waals surface area contributed by atoms with Gasteiger partial charge in [-0.15, -0.1) is 4.68 Å². The molecular formula is C28H30N4O4. The molecule has 2 aromatic rings. The molecule has 1 fully saturated rings. The second-order valence-corrected chi connectivity index (χ2v) is 9.14. The van der Waals surface area contributed by atoms with Crippen LogP contribution >= 0.6 is 0 Å². The summed E-state index contributed by atoms with van der Waals surface area (Å²) < 4.78 is 7.22. The van der Waals surface area contributed by atoms with Crippen molar-refractivity contribution in [2.75, 3.05) is 24.6 Å². The Morgan fingerprint density at radius 3 is 2.42 bits per heavy atom. The van der Waals surface area contributed by atoms with Crippen molar-refractivity contribution in [1.29, 1.82) is 0 Å². The molecule has 8 nitrogen and oxygen atoms in total. The predicted octanol–water partition coefficient (Wildman–Crippen LogP) is 3.14. The number of piperidine rings is 1. The third-order valence-corrected chi connectivity index (χ3v) is 6.83. The monoisotopic (exact) mass is 486 g/mol. The smallest absolute Gasteiger partial charge is 0.220 e. The van der Waals surface area contributed by atoms with E-state index in [0.29, 0.717) is 24.4 Å². The number of nitrogens with zero attached hydrogens (tertiary/aromatic N) is 4. The van der Waals surface area contributed by atoms with Gasteiger partial charge in [0, 0.05) is 45.3 Å². The highest BCUT2D eigenvalue weighted by Gasteiger charge is 2.21. The molecule has 0 bridgehead atoms. The first kappa shape index (κ1) is 23.8. The van der Waals surface area contributed by atoms with Crippen LogP contribution in [0.25, 0.3) is 11.0 Å². The Hall–Kier alpha value is -3.94. The van der Waals surface area contributed by atoms with Crippen molar-refractivity contribution in [1.82, 2.24) is 9.78 Å². The lowest BCUT2D eigenvalue weighted by molar-refractivity contribution is -0.746. The minimum Gasteiger partial charge on any atom is -0.571 e. The SMILES string of the molecule is CCOc1cc(N2CCCCC2)ccc1CCCn1c2c(=O)c3ccccccc=3c(=O)c2n[n+]1[O-]. The number of rotatable bonds is 7. The lowest BCUT2D eigenvalue weighted by Gasteiger charge is -2.29. The minimum absolute atomic E-state index is 0.0573. The molecule has 1 saturated heterocycles. The quantitative estimate of drug-likeness (QED) is 0.294. The molecule has 0 saturated carbocycles. The molecule has 1 aliphatic heterocycles. The van der Waals surface area contributed by atoms with E-state index in [-0.39, 0.29) is 33.4 Å². The molecular weight excluding hydrogens is 456 g/mol. The summed E-state index contributed by atoms with van der Waals surface area (Å²) in [4.78, 5) is 29.1. The highest BCUT2D eigenvalue weighted by molar-refractivity contribution is 5.73. The van der Waals surface area contributed by atoms with E-state index in [4.69, 9.17) is 4.74 Å². The van der Waals surface area contributed by atoms with Gasteiger partial charge in [0.25, 0.3) is 0 Å². The van der Waals surface area contributed by atoms with Crippen molar-refractivity contribution in [3.63, 3.8) is 0 Å². The Morgan fingerprint density at radius 1 is 0.972 bits per heavy atom. The molecule has 0 unspecified atom stereocenters.